The number of hydrogen-bond donors (Lipinski definition) is 0. The number of piperidine rings is 1. The Balaban J connectivity index is 2.21. The molecule has 2 rings (SSSR count). The molecule has 1 saturated heterocycles. The summed E-state index contributed by atoms with van der Waals surface area (Å²) in [4.78, 5) is 13.8. The molecule has 1 atom stereocenters. The van der Waals surface area contributed by atoms with Crippen molar-refractivity contribution < 1.29 is 26.7 Å². The molecule has 1 aromatic heterocycles. The van der Waals surface area contributed by atoms with Crippen LogP contribution in [0.25, 0.3) is 0 Å². The quantitative estimate of drug-likeness (QED) is 0.786. The highest BCUT2D eigenvalue weighted by Gasteiger charge is 2.35. The van der Waals surface area contributed by atoms with E-state index in [4.69, 9.17) is 4.74 Å². The van der Waals surface area contributed by atoms with Crippen LogP contribution in [0.3, 0.4) is 0 Å². The summed E-state index contributed by atoms with van der Waals surface area (Å²) in [5, 5.41) is 3.28. The van der Waals surface area contributed by atoms with Crippen LogP contribution in [-0.4, -0.2) is 53.1 Å². The van der Waals surface area contributed by atoms with Gasteiger partial charge < -0.3 is 9.64 Å². The Hall–Kier alpha value is -1.71. The molecule has 1 aliphatic heterocycles. The Morgan fingerprint density at radius 3 is 2.58 bits per heavy atom. The third kappa shape index (κ3) is 4.93. The first-order valence-corrected chi connectivity index (χ1v) is 10.1. The number of carbonyl (C=O) groups excluding carboxylic acids is 1. The highest BCUT2D eigenvalue weighted by Crippen LogP contribution is 2.26. The van der Waals surface area contributed by atoms with E-state index in [2.05, 4.69) is 5.10 Å². The average Bonchev–Trinajstić information content (AvgIpc) is 2.88. The van der Waals surface area contributed by atoms with Gasteiger partial charge in [-0.1, -0.05) is 0 Å². The summed E-state index contributed by atoms with van der Waals surface area (Å²) in [5.41, 5.74) is -1.27. The lowest BCUT2D eigenvalue weighted by molar-refractivity contribution is 0.0124. The van der Waals surface area contributed by atoms with Crippen molar-refractivity contribution >= 4 is 15.9 Å². The first kappa shape index (κ1) is 20.6. The zero-order valence-electron chi connectivity index (χ0n) is 15.4. The highest BCUT2D eigenvalue weighted by molar-refractivity contribution is 7.91. The number of amides is 1. The van der Waals surface area contributed by atoms with Crippen LogP contribution in [0.5, 0.6) is 0 Å². The molecule has 1 aromatic rings. The number of ether oxygens (including phenoxy) is 1. The van der Waals surface area contributed by atoms with Gasteiger partial charge in [-0.2, -0.15) is 5.10 Å². The van der Waals surface area contributed by atoms with Gasteiger partial charge in [0.2, 0.25) is 0 Å². The fourth-order valence-electron chi connectivity index (χ4n) is 2.94. The fourth-order valence-corrected chi connectivity index (χ4v) is 4.71. The van der Waals surface area contributed by atoms with Crippen molar-refractivity contribution in [3.63, 3.8) is 0 Å². The molecule has 148 valence electrons. The van der Waals surface area contributed by atoms with Gasteiger partial charge in [0.25, 0.3) is 6.43 Å². The van der Waals surface area contributed by atoms with Crippen LogP contribution < -0.4 is 0 Å². The number of halogens is 2. The average molecular weight is 393 g/mol. The van der Waals surface area contributed by atoms with Crippen LogP contribution in [0.2, 0.25) is 0 Å². The van der Waals surface area contributed by atoms with E-state index in [9.17, 15) is 22.0 Å². The molecule has 10 heteroatoms. The van der Waals surface area contributed by atoms with Gasteiger partial charge >= 0.3 is 6.09 Å². The van der Waals surface area contributed by atoms with Gasteiger partial charge in [0, 0.05) is 25.7 Å². The van der Waals surface area contributed by atoms with Crippen LogP contribution in [0.4, 0.5) is 13.6 Å². The summed E-state index contributed by atoms with van der Waals surface area (Å²) in [5.74, 6) is -0.353. The van der Waals surface area contributed by atoms with Gasteiger partial charge in [-0.25, -0.2) is 22.0 Å². The number of carbonyl (C=O) groups is 1. The normalized spacial score (nSPS) is 19.0. The number of aromatic nitrogens is 2. The van der Waals surface area contributed by atoms with E-state index in [0.29, 0.717) is 13.0 Å². The summed E-state index contributed by atoms with van der Waals surface area (Å²) in [6.07, 6.45) is -1.35. The number of aryl methyl sites for hydroxylation is 1. The Morgan fingerprint density at radius 2 is 2.04 bits per heavy atom. The van der Waals surface area contributed by atoms with E-state index in [1.54, 1.807) is 20.8 Å². The summed E-state index contributed by atoms with van der Waals surface area (Å²) in [6, 6.07) is 0.328. The van der Waals surface area contributed by atoms with Crippen LogP contribution >= 0.6 is 0 Å². The van der Waals surface area contributed by atoms with Crippen molar-refractivity contribution in [2.24, 2.45) is 7.05 Å². The van der Waals surface area contributed by atoms with Crippen molar-refractivity contribution in [2.75, 3.05) is 12.3 Å². The molecule has 26 heavy (non-hydrogen) atoms. The molecule has 1 unspecified atom stereocenters. The van der Waals surface area contributed by atoms with E-state index in [-0.39, 0.29) is 10.8 Å². The number of rotatable bonds is 4. The predicted octanol–water partition coefficient (Wildman–Crippen LogP) is 2.92. The lowest BCUT2D eigenvalue weighted by Gasteiger charge is -2.36. The molecule has 1 fully saturated rings. The van der Waals surface area contributed by atoms with Gasteiger partial charge in [-0.15, -0.1) is 0 Å². The van der Waals surface area contributed by atoms with Gasteiger partial charge in [-0.05, 0) is 40.0 Å². The van der Waals surface area contributed by atoms with E-state index in [1.165, 1.54) is 11.9 Å². The molecular formula is C16H25F2N3O4S. The second-order valence-corrected chi connectivity index (χ2v) is 9.42. The van der Waals surface area contributed by atoms with Crippen molar-refractivity contribution in [1.82, 2.24) is 14.7 Å². The minimum atomic E-state index is -3.90. The monoisotopic (exact) mass is 393 g/mol. The maximum atomic E-state index is 12.8. The summed E-state index contributed by atoms with van der Waals surface area (Å²) in [6.45, 7) is 5.62. The van der Waals surface area contributed by atoms with E-state index in [0.717, 1.165) is 23.6 Å². The first-order chi connectivity index (χ1) is 11.9. The molecule has 0 aromatic carbocycles. The smallest absolute Gasteiger partial charge is 0.410 e. The number of nitrogens with zero attached hydrogens (tertiary/aromatic N) is 3. The van der Waals surface area contributed by atoms with E-state index < -0.39 is 39.7 Å². The summed E-state index contributed by atoms with van der Waals surface area (Å²) in [7, 11) is -2.58. The maximum absolute atomic E-state index is 12.8. The Labute approximate surface area is 152 Å². The van der Waals surface area contributed by atoms with Crippen molar-refractivity contribution in [2.45, 2.75) is 63.1 Å². The zero-order chi connectivity index (χ0) is 19.7. The fraction of sp³-hybridized carbons (Fsp3) is 0.750. The SMILES string of the molecule is Cn1nc(C(F)F)cc1S(=O)(=O)CC1CCCCN1C(=O)OC(C)(C)C. The van der Waals surface area contributed by atoms with Crippen molar-refractivity contribution in [3.8, 4) is 0 Å². The summed E-state index contributed by atoms with van der Waals surface area (Å²) < 4.78 is 57.3. The minimum Gasteiger partial charge on any atom is -0.444 e. The van der Waals surface area contributed by atoms with Gasteiger partial charge in [0.05, 0.1) is 5.75 Å². The standard InChI is InChI=1S/C16H25F2N3O4S/c1-16(2,3)25-15(22)21-8-6-5-7-11(21)10-26(23,24)13-9-12(14(17)18)19-20(13)4/h9,11,14H,5-8,10H2,1-4H3. The predicted molar refractivity (Wildman–Crippen MR) is 90.8 cm³/mol. The first-order valence-electron chi connectivity index (χ1n) is 8.45. The maximum Gasteiger partial charge on any atom is 0.410 e. The number of sulfone groups is 1. The van der Waals surface area contributed by atoms with E-state index in [1.807, 2.05) is 0 Å². The second-order valence-electron chi connectivity index (χ2n) is 7.44. The lowest BCUT2D eigenvalue weighted by atomic mass is 10.0. The van der Waals surface area contributed by atoms with Crippen LogP contribution in [0.15, 0.2) is 11.1 Å². The Bertz CT molecular complexity index is 756. The Morgan fingerprint density at radius 1 is 1.38 bits per heavy atom. The van der Waals surface area contributed by atoms with E-state index >= 15 is 0 Å². The van der Waals surface area contributed by atoms with Crippen LogP contribution in [0, 0.1) is 0 Å². The summed E-state index contributed by atoms with van der Waals surface area (Å²) >= 11 is 0. The highest BCUT2D eigenvalue weighted by atomic mass is 32.2. The zero-order valence-corrected chi connectivity index (χ0v) is 16.2. The lowest BCUT2D eigenvalue weighted by Crippen LogP contribution is -2.49. The molecule has 0 bridgehead atoms. The largest absolute Gasteiger partial charge is 0.444 e. The molecule has 0 saturated carbocycles. The van der Waals surface area contributed by atoms with Gasteiger partial charge in [0.15, 0.2) is 14.9 Å². The molecule has 7 nitrogen and oxygen atoms in total. The van der Waals surface area contributed by atoms with Crippen molar-refractivity contribution in [1.29, 1.82) is 0 Å². The van der Waals surface area contributed by atoms with Crippen LogP contribution in [0.1, 0.15) is 52.2 Å². The number of alkyl halides is 2. The molecule has 0 radical (unpaired) electrons. The molecule has 0 N–H and O–H groups in total. The topological polar surface area (TPSA) is 81.5 Å². The molecule has 0 spiro atoms. The van der Waals surface area contributed by atoms with Gasteiger partial charge in [-0.3, -0.25) is 4.68 Å². The molecule has 1 amide bonds. The molecule has 2 heterocycles. The number of hydrogen-bond acceptors (Lipinski definition) is 5. The molecule has 0 aliphatic carbocycles. The third-order valence-electron chi connectivity index (χ3n) is 4.06. The van der Waals surface area contributed by atoms with Gasteiger partial charge in [0.1, 0.15) is 11.3 Å². The Kier molecular flexibility index (Phi) is 5.94. The van der Waals surface area contributed by atoms with Crippen LogP contribution in [-0.2, 0) is 21.6 Å². The molecule has 1 aliphatic rings. The third-order valence-corrected chi connectivity index (χ3v) is 5.91. The molecular weight excluding hydrogens is 368 g/mol. The second kappa shape index (κ2) is 7.50. The number of likely N-dealkylation sites (tertiary alicyclic amines) is 1. The van der Waals surface area contributed by atoms with Crippen molar-refractivity contribution in [3.05, 3.63) is 11.8 Å². The minimum absolute atomic E-state index is 0.275.